The van der Waals surface area contributed by atoms with Gasteiger partial charge in [0.15, 0.2) is 0 Å². The fraction of sp³-hybridized carbons (Fsp3) is 0.250. The molecule has 2 N–H and O–H groups in total. The SMILES string of the molecule is NOC(=O)C1=CC1. The van der Waals surface area contributed by atoms with Gasteiger partial charge in [-0.3, -0.25) is 0 Å². The topological polar surface area (TPSA) is 52.3 Å². The lowest BCUT2D eigenvalue weighted by Crippen LogP contribution is -2.07. The Balaban J connectivity index is 2.39. The third-order valence-corrected chi connectivity index (χ3v) is 0.777. The molecule has 0 radical (unpaired) electrons. The zero-order chi connectivity index (χ0) is 5.28. The van der Waals surface area contributed by atoms with Crippen LogP contribution in [-0.4, -0.2) is 5.97 Å². The quantitative estimate of drug-likeness (QED) is 0.460. The number of carbonyl (C=O) groups is 1. The van der Waals surface area contributed by atoms with Crippen molar-refractivity contribution in [2.45, 2.75) is 6.42 Å². The summed E-state index contributed by atoms with van der Waals surface area (Å²) in [6, 6.07) is 0. The number of allylic oxidation sites excluding steroid dienone is 1. The first-order chi connectivity index (χ1) is 3.34. The molecule has 0 aromatic carbocycles. The van der Waals surface area contributed by atoms with E-state index >= 15 is 0 Å². The lowest BCUT2D eigenvalue weighted by molar-refractivity contribution is -0.139. The molecule has 7 heavy (non-hydrogen) atoms. The molecule has 3 nitrogen and oxygen atoms in total. The summed E-state index contributed by atoms with van der Waals surface area (Å²) in [6.45, 7) is 0. The van der Waals surface area contributed by atoms with Crippen LogP contribution in [0.25, 0.3) is 0 Å². The Morgan fingerprint density at radius 1 is 2.00 bits per heavy atom. The Kier molecular flexibility index (Phi) is 0.834. The third-order valence-electron chi connectivity index (χ3n) is 0.777. The second kappa shape index (κ2) is 1.35. The smallest absolute Gasteiger partial charge is 0.352 e. The Morgan fingerprint density at radius 3 is 2.71 bits per heavy atom. The summed E-state index contributed by atoms with van der Waals surface area (Å²) in [5.41, 5.74) is 0.683. The fourth-order valence-corrected chi connectivity index (χ4v) is 0.293. The highest BCUT2D eigenvalue weighted by molar-refractivity contribution is 5.92. The maximum absolute atomic E-state index is 10.2. The van der Waals surface area contributed by atoms with Gasteiger partial charge in [0.1, 0.15) is 0 Å². The van der Waals surface area contributed by atoms with E-state index in [9.17, 15) is 4.79 Å². The molecule has 1 aliphatic rings. The molecule has 0 saturated heterocycles. The molecule has 0 aromatic rings. The predicted molar refractivity (Wildman–Crippen MR) is 23.0 cm³/mol. The van der Waals surface area contributed by atoms with Gasteiger partial charge in [0, 0.05) is 5.57 Å². The summed E-state index contributed by atoms with van der Waals surface area (Å²) < 4.78 is 0. The summed E-state index contributed by atoms with van der Waals surface area (Å²) in [5, 5.41) is 0. The third kappa shape index (κ3) is 0.778. The van der Waals surface area contributed by atoms with Crippen LogP contribution in [0.15, 0.2) is 11.6 Å². The van der Waals surface area contributed by atoms with Crippen molar-refractivity contribution in [1.29, 1.82) is 0 Å². The van der Waals surface area contributed by atoms with E-state index in [4.69, 9.17) is 0 Å². The van der Waals surface area contributed by atoms with Crippen molar-refractivity contribution < 1.29 is 9.63 Å². The summed E-state index contributed by atoms with van der Waals surface area (Å²) in [5.74, 6) is 4.12. The van der Waals surface area contributed by atoms with Gasteiger partial charge in [-0.1, -0.05) is 6.08 Å². The molecule has 1 aliphatic carbocycles. The first kappa shape index (κ1) is 4.33. The molecular weight excluding hydrogens is 94.0 g/mol. The molecule has 0 bridgehead atoms. The summed E-state index contributed by atoms with van der Waals surface area (Å²) in [7, 11) is 0. The summed E-state index contributed by atoms with van der Waals surface area (Å²) in [4.78, 5) is 14.0. The highest BCUT2D eigenvalue weighted by atomic mass is 16.7. The van der Waals surface area contributed by atoms with Crippen molar-refractivity contribution in [3.05, 3.63) is 11.6 Å². The van der Waals surface area contributed by atoms with E-state index < -0.39 is 5.97 Å². The monoisotopic (exact) mass is 99.0 g/mol. The second-order valence-electron chi connectivity index (χ2n) is 1.34. The highest BCUT2D eigenvalue weighted by Crippen LogP contribution is 2.18. The van der Waals surface area contributed by atoms with Crippen LogP contribution in [0.4, 0.5) is 0 Å². The van der Waals surface area contributed by atoms with Gasteiger partial charge in [-0.05, 0) is 6.42 Å². The Morgan fingerprint density at radius 2 is 2.57 bits per heavy atom. The first-order valence-electron chi connectivity index (χ1n) is 1.94. The number of carbonyl (C=O) groups excluding carboxylic acids is 1. The maximum atomic E-state index is 10.2. The first-order valence-corrected chi connectivity index (χ1v) is 1.94. The number of rotatable bonds is 1. The van der Waals surface area contributed by atoms with Gasteiger partial charge in [-0.2, -0.15) is 5.90 Å². The van der Waals surface area contributed by atoms with Crippen LogP contribution in [0, 0.1) is 0 Å². The van der Waals surface area contributed by atoms with E-state index in [1.54, 1.807) is 6.08 Å². The van der Waals surface area contributed by atoms with Gasteiger partial charge in [0.2, 0.25) is 0 Å². The van der Waals surface area contributed by atoms with E-state index in [0.717, 1.165) is 6.42 Å². The van der Waals surface area contributed by atoms with Crippen molar-refractivity contribution in [2.75, 3.05) is 0 Å². The molecule has 38 valence electrons. The molecule has 0 atom stereocenters. The van der Waals surface area contributed by atoms with Crippen LogP contribution >= 0.6 is 0 Å². The van der Waals surface area contributed by atoms with Crippen molar-refractivity contribution in [1.82, 2.24) is 0 Å². The molecular formula is C4H5NO2. The normalized spacial score (nSPS) is 15.3. The Labute approximate surface area is 40.7 Å². The molecule has 0 amide bonds. The van der Waals surface area contributed by atoms with E-state index in [0.29, 0.717) is 5.57 Å². The average molecular weight is 99.1 g/mol. The molecule has 0 unspecified atom stereocenters. The minimum absolute atomic E-state index is 0.403. The van der Waals surface area contributed by atoms with Crippen molar-refractivity contribution in [2.24, 2.45) is 5.90 Å². The number of hydrogen-bond donors (Lipinski definition) is 1. The van der Waals surface area contributed by atoms with Crippen LogP contribution < -0.4 is 5.90 Å². The molecule has 0 aromatic heterocycles. The van der Waals surface area contributed by atoms with Crippen LogP contribution in [0.1, 0.15) is 6.42 Å². The van der Waals surface area contributed by atoms with E-state index in [1.165, 1.54) is 0 Å². The minimum atomic E-state index is -0.403. The van der Waals surface area contributed by atoms with Gasteiger partial charge >= 0.3 is 5.97 Å². The zero-order valence-electron chi connectivity index (χ0n) is 3.68. The molecule has 0 heterocycles. The van der Waals surface area contributed by atoms with Crippen LogP contribution in [-0.2, 0) is 9.63 Å². The average Bonchev–Trinajstić information content (AvgIpc) is 2.44. The van der Waals surface area contributed by atoms with Gasteiger partial charge in [0.25, 0.3) is 0 Å². The highest BCUT2D eigenvalue weighted by Gasteiger charge is 2.16. The molecule has 3 heteroatoms. The van der Waals surface area contributed by atoms with Gasteiger partial charge in [-0.15, -0.1) is 0 Å². The van der Waals surface area contributed by atoms with E-state index in [-0.39, 0.29) is 0 Å². The Bertz CT molecular complexity index is 128. The summed E-state index contributed by atoms with van der Waals surface area (Å²) >= 11 is 0. The number of nitrogens with two attached hydrogens (primary N) is 1. The van der Waals surface area contributed by atoms with Crippen LogP contribution in [0.3, 0.4) is 0 Å². The van der Waals surface area contributed by atoms with Crippen molar-refractivity contribution in [3.8, 4) is 0 Å². The van der Waals surface area contributed by atoms with Gasteiger partial charge < -0.3 is 4.84 Å². The standard InChI is InChI=1S/C4H5NO2/c5-7-4(6)3-1-2-3/h1H,2,5H2. The second-order valence-corrected chi connectivity index (χ2v) is 1.34. The molecule has 1 rings (SSSR count). The number of hydrogen-bond acceptors (Lipinski definition) is 3. The van der Waals surface area contributed by atoms with Crippen molar-refractivity contribution in [3.63, 3.8) is 0 Å². The van der Waals surface area contributed by atoms with Crippen molar-refractivity contribution >= 4 is 5.97 Å². The molecule has 0 spiro atoms. The van der Waals surface area contributed by atoms with E-state index in [2.05, 4.69) is 10.7 Å². The predicted octanol–water partition coefficient (Wildman–Crippen LogP) is -0.267. The van der Waals surface area contributed by atoms with Crippen LogP contribution in [0.2, 0.25) is 0 Å². The molecule has 0 fully saturated rings. The lowest BCUT2D eigenvalue weighted by atomic mass is 10.5. The molecule has 0 aliphatic heterocycles. The van der Waals surface area contributed by atoms with E-state index in [1.807, 2.05) is 0 Å². The van der Waals surface area contributed by atoms with Gasteiger partial charge in [0.05, 0.1) is 0 Å². The lowest BCUT2D eigenvalue weighted by Gasteiger charge is -1.85. The maximum Gasteiger partial charge on any atom is 0.352 e. The zero-order valence-corrected chi connectivity index (χ0v) is 3.68. The largest absolute Gasteiger partial charge is 0.370 e. The fourth-order valence-electron chi connectivity index (χ4n) is 0.293. The Hall–Kier alpha value is -0.830. The van der Waals surface area contributed by atoms with Crippen LogP contribution in [0.5, 0.6) is 0 Å². The summed E-state index contributed by atoms with van der Waals surface area (Å²) in [6.07, 6.45) is 2.51. The minimum Gasteiger partial charge on any atom is -0.370 e. The molecule has 0 saturated carbocycles. The van der Waals surface area contributed by atoms with Gasteiger partial charge in [-0.25, -0.2) is 4.79 Å².